The molecule has 1 amide bonds. The van der Waals surface area contributed by atoms with Gasteiger partial charge in [0.1, 0.15) is 10.7 Å². The van der Waals surface area contributed by atoms with E-state index in [4.69, 9.17) is 5.26 Å². The number of amides is 1. The number of nitriles is 1. The van der Waals surface area contributed by atoms with Crippen LogP contribution in [-0.4, -0.2) is 59.5 Å². The largest absolute Gasteiger partial charge is 0.336 e. The second kappa shape index (κ2) is 8.16. The molecular weight excluding hydrogens is 409 g/mol. The van der Waals surface area contributed by atoms with Crippen LogP contribution in [0, 0.1) is 31.0 Å². The van der Waals surface area contributed by atoms with Crippen LogP contribution in [0.25, 0.3) is 0 Å². The lowest BCUT2D eigenvalue weighted by Crippen LogP contribution is -2.50. The zero-order valence-corrected chi connectivity index (χ0v) is 18.2. The van der Waals surface area contributed by atoms with Crippen molar-refractivity contribution >= 4 is 15.9 Å². The molecule has 1 saturated heterocycles. The van der Waals surface area contributed by atoms with E-state index >= 15 is 0 Å². The number of piperazine rings is 1. The Morgan fingerprint density at radius 1 is 1.20 bits per heavy atom. The van der Waals surface area contributed by atoms with Gasteiger partial charge in [-0.05, 0) is 45.9 Å². The molecule has 10 heteroatoms. The van der Waals surface area contributed by atoms with Crippen molar-refractivity contribution in [1.82, 2.24) is 19.0 Å². The van der Waals surface area contributed by atoms with E-state index in [1.165, 1.54) is 21.3 Å². The van der Waals surface area contributed by atoms with Crippen molar-refractivity contribution in [2.24, 2.45) is 0 Å². The average molecular weight is 434 g/mol. The van der Waals surface area contributed by atoms with Gasteiger partial charge in [-0.3, -0.25) is 9.48 Å². The highest BCUT2D eigenvalue weighted by molar-refractivity contribution is 7.89. The number of rotatable bonds is 4. The molecule has 30 heavy (non-hydrogen) atoms. The molecule has 0 aliphatic carbocycles. The number of nitrogens with zero attached hydrogens (tertiary/aromatic N) is 5. The number of hydrogen-bond acceptors (Lipinski definition) is 5. The second-order valence-electron chi connectivity index (χ2n) is 7.54. The van der Waals surface area contributed by atoms with Crippen LogP contribution in [0.2, 0.25) is 0 Å². The minimum atomic E-state index is -3.77. The molecule has 160 valence electrons. The summed E-state index contributed by atoms with van der Waals surface area (Å²) in [5, 5.41) is 13.2. The number of benzene rings is 1. The van der Waals surface area contributed by atoms with Gasteiger partial charge in [0, 0.05) is 32.2 Å². The normalized spacial score (nSPS) is 15.4. The summed E-state index contributed by atoms with van der Waals surface area (Å²) in [4.78, 5) is 14.3. The average Bonchev–Trinajstić information content (AvgIpc) is 3.02. The van der Waals surface area contributed by atoms with E-state index in [2.05, 4.69) is 5.10 Å². The van der Waals surface area contributed by atoms with Gasteiger partial charge in [-0.2, -0.15) is 14.7 Å². The molecule has 2 aromatic rings. The van der Waals surface area contributed by atoms with Crippen molar-refractivity contribution in [2.75, 3.05) is 26.2 Å². The van der Waals surface area contributed by atoms with Crippen molar-refractivity contribution < 1.29 is 17.6 Å². The van der Waals surface area contributed by atoms with Gasteiger partial charge in [0.25, 0.3) is 5.91 Å². The molecule has 0 atom stereocenters. The Bertz CT molecular complexity index is 1130. The Balaban J connectivity index is 1.77. The number of aromatic nitrogens is 2. The lowest BCUT2D eigenvalue weighted by atomic mass is 10.1. The maximum absolute atomic E-state index is 14.2. The summed E-state index contributed by atoms with van der Waals surface area (Å²) in [6, 6.07) is 5.54. The van der Waals surface area contributed by atoms with Crippen LogP contribution in [0.3, 0.4) is 0 Å². The Labute approximate surface area is 175 Å². The molecule has 0 spiro atoms. The van der Waals surface area contributed by atoms with Crippen molar-refractivity contribution in [3.8, 4) is 6.07 Å². The summed E-state index contributed by atoms with van der Waals surface area (Å²) in [5.74, 6) is -1.28. The smallest absolute Gasteiger partial charge is 0.256 e. The third-order valence-corrected chi connectivity index (χ3v) is 7.35. The summed E-state index contributed by atoms with van der Waals surface area (Å²) in [6.45, 7) is 7.79. The third-order valence-electron chi connectivity index (χ3n) is 5.20. The van der Waals surface area contributed by atoms with Crippen LogP contribution in [0.1, 0.15) is 47.2 Å². The maximum atomic E-state index is 14.2. The Hall–Kier alpha value is -2.77. The lowest BCUT2D eigenvalue weighted by Gasteiger charge is -2.34. The van der Waals surface area contributed by atoms with E-state index in [9.17, 15) is 17.6 Å². The van der Waals surface area contributed by atoms with Gasteiger partial charge >= 0.3 is 0 Å². The first-order valence-corrected chi connectivity index (χ1v) is 11.1. The first-order chi connectivity index (χ1) is 14.1. The predicted octanol–water partition coefficient (Wildman–Crippen LogP) is 2.24. The Morgan fingerprint density at radius 2 is 1.83 bits per heavy atom. The van der Waals surface area contributed by atoms with E-state index in [-0.39, 0.29) is 48.2 Å². The van der Waals surface area contributed by atoms with Crippen LogP contribution in [-0.2, 0) is 10.0 Å². The number of aryl methyl sites for hydroxylation is 1. The molecule has 1 aliphatic rings. The number of carbonyl (C=O) groups excluding carboxylic acids is 1. The summed E-state index contributed by atoms with van der Waals surface area (Å²) in [6.07, 6.45) is 0. The molecule has 0 radical (unpaired) electrons. The number of sulfonamides is 1. The van der Waals surface area contributed by atoms with Crippen LogP contribution in [0.15, 0.2) is 23.1 Å². The Kier molecular flexibility index (Phi) is 5.97. The summed E-state index contributed by atoms with van der Waals surface area (Å²) in [5.41, 5.74) is 1.03. The van der Waals surface area contributed by atoms with Crippen molar-refractivity contribution in [3.63, 3.8) is 0 Å². The van der Waals surface area contributed by atoms with Gasteiger partial charge in [0.05, 0.1) is 28.6 Å². The SMILES string of the molecule is Cc1nn(C(C)C)c(C)c1S(=O)(=O)N1CCN(C(=O)c2ccc(C#N)cc2F)CC1. The van der Waals surface area contributed by atoms with Gasteiger partial charge in [0.15, 0.2) is 0 Å². The van der Waals surface area contributed by atoms with Gasteiger partial charge in [-0.25, -0.2) is 12.8 Å². The van der Waals surface area contributed by atoms with E-state index < -0.39 is 21.7 Å². The van der Waals surface area contributed by atoms with E-state index in [0.29, 0.717) is 11.4 Å². The molecule has 3 rings (SSSR count). The van der Waals surface area contributed by atoms with Crippen LogP contribution < -0.4 is 0 Å². The number of carbonyl (C=O) groups is 1. The fourth-order valence-corrected chi connectivity index (χ4v) is 5.50. The molecule has 0 unspecified atom stereocenters. The fraction of sp³-hybridized carbons (Fsp3) is 0.450. The quantitative estimate of drug-likeness (QED) is 0.736. The first-order valence-electron chi connectivity index (χ1n) is 9.62. The molecule has 0 bridgehead atoms. The highest BCUT2D eigenvalue weighted by Crippen LogP contribution is 2.26. The van der Waals surface area contributed by atoms with Gasteiger partial charge in [-0.1, -0.05) is 0 Å². The van der Waals surface area contributed by atoms with Gasteiger partial charge < -0.3 is 4.90 Å². The summed E-state index contributed by atoms with van der Waals surface area (Å²) >= 11 is 0. The molecule has 0 saturated carbocycles. The highest BCUT2D eigenvalue weighted by Gasteiger charge is 2.35. The molecule has 1 aromatic carbocycles. The maximum Gasteiger partial charge on any atom is 0.256 e. The molecule has 2 heterocycles. The van der Waals surface area contributed by atoms with Crippen molar-refractivity contribution in [1.29, 1.82) is 5.26 Å². The standard InChI is InChI=1S/C20H24FN5O3S/c1-13(2)26-15(4)19(14(3)23-26)30(28,29)25-9-7-24(8-10-25)20(27)17-6-5-16(12-22)11-18(17)21/h5-6,11,13H,7-10H2,1-4H3. The zero-order chi connectivity index (χ0) is 22.2. The molecular formula is C20H24FN5O3S. The topological polar surface area (TPSA) is 99.3 Å². The van der Waals surface area contributed by atoms with E-state index in [0.717, 1.165) is 6.07 Å². The summed E-state index contributed by atoms with van der Waals surface area (Å²) < 4.78 is 43.6. The highest BCUT2D eigenvalue weighted by atomic mass is 32.2. The van der Waals surface area contributed by atoms with E-state index in [1.54, 1.807) is 18.5 Å². The van der Waals surface area contributed by atoms with Crippen LogP contribution in [0.5, 0.6) is 0 Å². The van der Waals surface area contributed by atoms with Crippen LogP contribution >= 0.6 is 0 Å². The van der Waals surface area contributed by atoms with Crippen LogP contribution in [0.4, 0.5) is 4.39 Å². The van der Waals surface area contributed by atoms with Crippen molar-refractivity contribution in [2.45, 2.75) is 38.6 Å². The Morgan fingerprint density at radius 3 is 2.33 bits per heavy atom. The second-order valence-corrected chi connectivity index (χ2v) is 9.42. The first kappa shape index (κ1) is 21.9. The summed E-state index contributed by atoms with van der Waals surface area (Å²) in [7, 11) is -3.77. The molecule has 1 fully saturated rings. The number of hydrogen-bond donors (Lipinski definition) is 0. The van der Waals surface area contributed by atoms with E-state index in [1.807, 2.05) is 19.9 Å². The predicted molar refractivity (Wildman–Crippen MR) is 108 cm³/mol. The fourth-order valence-electron chi connectivity index (χ4n) is 3.71. The molecule has 0 N–H and O–H groups in total. The molecule has 8 nitrogen and oxygen atoms in total. The molecule has 1 aromatic heterocycles. The monoisotopic (exact) mass is 433 g/mol. The van der Waals surface area contributed by atoms with Crippen molar-refractivity contribution in [3.05, 3.63) is 46.5 Å². The molecule has 1 aliphatic heterocycles. The minimum Gasteiger partial charge on any atom is -0.336 e. The third kappa shape index (κ3) is 3.82. The number of halogens is 1. The van der Waals surface area contributed by atoms with Gasteiger partial charge in [-0.15, -0.1) is 0 Å². The minimum absolute atomic E-state index is 0.0319. The zero-order valence-electron chi connectivity index (χ0n) is 17.4. The van der Waals surface area contributed by atoms with Gasteiger partial charge in [0.2, 0.25) is 10.0 Å². The lowest BCUT2D eigenvalue weighted by molar-refractivity contribution is 0.0693.